The molecular weight excluding hydrogens is 470 g/mol. The minimum Gasteiger partial charge on any atom is -0.507 e. The third kappa shape index (κ3) is 5.21. The molecule has 1 aliphatic heterocycles. The third-order valence-corrected chi connectivity index (χ3v) is 7.75. The van der Waals surface area contributed by atoms with Gasteiger partial charge in [0.15, 0.2) is 0 Å². The highest BCUT2D eigenvalue weighted by Gasteiger charge is 2.54. The molecule has 4 atom stereocenters. The van der Waals surface area contributed by atoms with Gasteiger partial charge in [-0.15, -0.1) is 0 Å². The first-order chi connectivity index (χ1) is 17.8. The molecule has 4 rings (SSSR count). The van der Waals surface area contributed by atoms with E-state index in [9.17, 15) is 24.9 Å². The van der Waals surface area contributed by atoms with E-state index in [0.717, 1.165) is 27.5 Å². The van der Waals surface area contributed by atoms with Gasteiger partial charge in [0, 0.05) is 25.0 Å². The highest BCUT2D eigenvalue weighted by Crippen LogP contribution is 2.46. The summed E-state index contributed by atoms with van der Waals surface area (Å²) >= 11 is 0. The number of allylic oxidation sites excluding steroid dienone is 1. The van der Waals surface area contributed by atoms with Crippen molar-refractivity contribution >= 4 is 28.7 Å². The number of hydrogen-bond donors (Lipinski definition) is 3. The molecule has 7 nitrogen and oxygen atoms in total. The molecule has 0 radical (unpaired) electrons. The molecule has 1 aliphatic carbocycles. The predicted molar refractivity (Wildman–Crippen MR) is 143 cm³/mol. The summed E-state index contributed by atoms with van der Waals surface area (Å²) in [5.41, 5.74) is 3.49. The first-order valence-electron chi connectivity index (χ1n) is 13.0. The van der Waals surface area contributed by atoms with Crippen LogP contribution in [0.25, 0.3) is 16.8 Å². The SMILES string of the molecule is CCCN1C(=O)[C@@H]2[C@@H](CC(COC)=C([C@H](O)CC/C(C)=C/c3ccc(O)c4ccccc34)[C@@H]2CO)C1=O. The fourth-order valence-electron chi connectivity index (χ4n) is 6.07. The Kier molecular flexibility index (Phi) is 8.47. The minimum atomic E-state index is -0.869. The van der Waals surface area contributed by atoms with Crippen molar-refractivity contribution in [3.63, 3.8) is 0 Å². The van der Waals surface area contributed by atoms with Crippen molar-refractivity contribution in [1.29, 1.82) is 0 Å². The van der Waals surface area contributed by atoms with E-state index < -0.39 is 23.9 Å². The van der Waals surface area contributed by atoms with Crippen molar-refractivity contribution in [1.82, 2.24) is 4.90 Å². The number of hydrogen-bond acceptors (Lipinski definition) is 6. The van der Waals surface area contributed by atoms with Gasteiger partial charge in [0.25, 0.3) is 0 Å². The number of fused-ring (bicyclic) bond motifs is 2. The minimum absolute atomic E-state index is 0.183. The highest BCUT2D eigenvalue weighted by atomic mass is 16.5. The number of carbonyl (C=O) groups excluding carboxylic acids is 2. The number of rotatable bonds is 10. The third-order valence-electron chi connectivity index (χ3n) is 7.75. The maximum absolute atomic E-state index is 13.2. The molecule has 198 valence electrons. The Bertz CT molecular complexity index is 1230. The topological polar surface area (TPSA) is 107 Å². The van der Waals surface area contributed by atoms with Gasteiger partial charge in [0.2, 0.25) is 11.8 Å². The maximum Gasteiger partial charge on any atom is 0.233 e. The Morgan fingerprint density at radius 2 is 1.89 bits per heavy atom. The zero-order valence-corrected chi connectivity index (χ0v) is 21.8. The lowest BCUT2D eigenvalue weighted by molar-refractivity contribution is -0.140. The van der Waals surface area contributed by atoms with E-state index in [1.807, 2.05) is 44.2 Å². The van der Waals surface area contributed by atoms with Gasteiger partial charge in [-0.1, -0.05) is 48.9 Å². The highest BCUT2D eigenvalue weighted by molar-refractivity contribution is 6.06. The molecule has 7 heteroatoms. The number of aliphatic hydroxyl groups is 2. The molecule has 0 aromatic heterocycles. The van der Waals surface area contributed by atoms with Crippen LogP contribution in [0.5, 0.6) is 5.75 Å². The number of methoxy groups -OCH3 is 1. The lowest BCUT2D eigenvalue weighted by Crippen LogP contribution is -2.39. The number of nitrogens with zero attached hydrogens (tertiary/aromatic N) is 1. The van der Waals surface area contributed by atoms with Gasteiger partial charge in [-0.25, -0.2) is 0 Å². The molecule has 0 saturated carbocycles. The van der Waals surface area contributed by atoms with Crippen LogP contribution in [0.2, 0.25) is 0 Å². The van der Waals surface area contributed by atoms with Crippen molar-refractivity contribution in [3.05, 3.63) is 58.7 Å². The molecule has 1 fully saturated rings. The predicted octanol–water partition coefficient (Wildman–Crippen LogP) is 4.06. The average Bonchev–Trinajstić information content (AvgIpc) is 3.13. The van der Waals surface area contributed by atoms with Crippen molar-refractivity contribution in [3.8, 4) is 5.75 Å². The van der Waals surface area contributed by atoms with Crippen LogP contribution in [0.4, 0.5) is 0 Å². The molecule has 2 amide bonds. The number of phenolic OH excluding ortho intramolecular Hbond substituents is 1. The molecule has 0 unspecified atom stereocenters. The second-order valence-corrected chi connectivity index (χ2v) is 10.2. The number of benzene rings is 2. The Balaban J connectivity index is 1.57. The van der Waals surface area contributed by atoms with Gasteiger partial charge in [-0.05, 0) is 60.8 Å². The summed E-state index contributed by atoms with van der Waals surface area (Å²) in [6, 6.07) is 11.2. The normalized spacial score (nSPS) is 23.2. The molecule has 2 aromatic rings. The molecular formula is C30H37NO6. The quantitative estimate of drug-likeness (QED) is 0.331. The van der Waals surface area contributed by atoms with E-state index in [-0.39, 0.29) is 30.8 Å². The molecule has 2 aromatic carbocycles. The van der Waals surface area contributed by atoms with Crippen molar-refractivity contribution in [2.24, 2.45) is 17.8 Å². The van der Waals surface area contributed by atoms with Crippen LogP contribution < -0.4 is 0 Å². The fourth-order valence-corrected chi connectivity index (χ4v) is 6.07. The number of ether oxygens (including phenoxy) is 1. The van der Waals surface area contributed by atoms with Crippen LogP contribution in [-0.2, 0) is 14.3 Å². The molecule has 1 saturated heterocycles. The maximum atomic E-state index is 13.2. The van der Waals surface area contributed by atoms with E-state index in [1.54, 1.807) is 13.2 Å². The standard InChI is InChI=1S/C30H37NO6/c1-4-13-31-29(35)23-15-20(17-37-3)27(24(16-32)28(23)30(31)36)26(34)11-9-18(2)14-19-10-12-25(33)22-8-6-5-7-21(19)22/h5-8,10,12,14,23-24,26,28,32-34H,4,9,11,13,15-17H2,1-3H3/b18-14+/t23-,24+,26-,28-/m1/s1. The summed E-state index contributed by atoms with van der Waals surface area (Å²) in [5.74, 6) is -1.95. The van der Waals surface area contributed by atoms with E-state index >= 15 is 0 Å². The average molecular weight is 508 g/mol. The number of imide groups is 1. The molecule has 0 bridgehead atoms. The summed E-state index contributed by atoms with van der Waals surface area (Å²) in [6.45, 7) is 4.23. The van der Waals surface area contributed by atoms with Crippen molar-refractivity contribution in [2.75, 3.05) is 26.9 Å². The number of likely N-dealkylation sites (tertiary alicyclic amines) is 1. The van der Waals surface area contributed by atoms with Gasteiger partial charge in [0.1, 0.15) is 5.75 Å². The molecule has 37 heavy (non-hydrogen) atoms. The largest absolute Gasteiger partial charge is 0.507 e. The van der Waals surface area contributed by atoms with Crippen LogP contribution >= 0.6 is 0 Å². The van der Waals surface area contributed by atoms with Gasteiger partial charge < -0.3 is 20.1 Å². The van der Waals surface area contributed by atoms with Gasteiger partial charge in [-0.3, -0.25) is 14.5 Å². The van der Waals surface area contributed by atoms with Crippen LogP contribution in [0.15, 0.2) is 53.1 Å². The van der Waals surface area contributed by atoms with Gasteiger partial charge in [-0.2, -0.15) is 0 Å². The van der Waals surface area contributed by atoms with Crippen LogP contribution in [0.3, 0.4) is 0 Å². The van der Waals surface area contributed by atoms with E-state index in [4.69, 9.17) is 4.74 Å². The van der Waals surface area contributed by atoms with Crippen molar-refractivity contribution < 1.29 is 29.6 Å². The molecule has 2 aliphatic rings. The van der Waals surface area contributed by atoms with Crippen LogP contribution in [0, 0.1) is 17.8 Å². The Labute approximate surface area is 218 Å². The van der Waals surface area contributed by atoms with Crippen molar-refractivity contribution in [2.45, 2.75) is 45.6 Å². The van der Waals surface area contributed by atoms with Crippen LogP contribution in [0.1, 0.15) is 45.1 Å². The zero-order valence-electron chi connectivity index (χ0n) is 21.8. The van der Waals surface area contributed by atoms with E-state index in [2.05, 4.69) is 6.08 Å². The number of phenols is 1. The second-order valence-electron chi connectivity index (χ2n) is 10.2. The van der Waals surface area contributed by atoms with E-state index in [1.165, 1.54) is 4.90 Å². The van der Waals surface area contributed by atoms with Gasteiger partial charge in [0.05, 0.1) is 31.2 Å². The molecule has 1 heterocycles. The smallest absolute Gasteiger partial charge is 0.233 e. The summed E-state index contributed by atoms with van der Waals surface area (Å²) < 4.78 is 5.40. The lowest BCUT2D eigenvalue weighted by atomic mass is 9.68. The van der Waals surface area contributed by atoms with Crippen LogP contribution in [-0.4, -0.2) is 65.0 Å². The molecule has 0 spiro atoms. The first-order valence-corrected chi connectivity index (χ1v) is 13.0. The summed E-state index contributed by atoms with van der Waals surface area (Å²) in [7, 11) is 1.57. The summed E-state index contributed by atoms with van der Waals surface area (Å²) in [4.78, 5) is 27.5. The lowest BCUT2D eigenvalue weighted by Gasteiger charge is -2.36. The monoisotopic (exact) mass is 507 g/mol. The molecule has 3 N–H and O–H groups in total. The number of carbonyl (C=O) groups is 2. The number of aliphatic hydroxyl groups excluding tert-OH is 2. The zero-order chi connectivity index (χ0) is 26.7. The fraction of sp³-hybridized carbons (Fsp3) is 0.467. The first kappa shape index (κ1) is 27.0. The summed E-state index contributed by atoms with van der Waals surface area (Å²) in [6.07, 6.45) is 3.24. The van der Waals surface area contributed by atoms with Gasteiger partial charge >= 0.3 is 0 Å². The van der Waals surface area contributed by atoms with E-state index in [0.29, 0.717) is 37.8 Å². The Morgan fingerprint density at radius 3 is 2.57 bits per heavy atom. The Morgan fingerprint density at radius 1 is 1.16 bits per heavy atom. The number of amides is 2. The Hall–Kier alpha value is -3.00. The number of aromatic hydroxyl groups is 1. The summed E-state index contributed by atoms with van der Waals surface area (Å²) in [5, 5.41) is 33.6. The second kappa shape index (κ2) is 11.6.